The number of ether oxygens (including phenoxy) is 1. The fraction of sp³-hybridized carbons (Fsp3) is 0.588. The summed E-state index contributed by atoms with van der Waals surface area (Å²) in [6.07, 6.45) is 3.87. The van der Waals surface area contributed by atoms with Crippen LogP contribution in [-0.2, 0) is 9.53 Å². The number of carbonyl (C=O) groups is 1. The zero-order valence-electron chi connectivity index (χ0n) is 12.6. The Labute approximate surface area is 125 Å². The molecule has 4 unspecified atom stereocenters. The summed E-state index contributed by atoms with van der Waals surface area (Å²) in [4.78, 5) is 14.5. The van der Waals surface area contributed by atoms with Gasteiger partial charge in [-0.1, -0.05) is 23.8 Å². The second kappa shape index (κ2) is 4.82. The average molecular weight is 286 g/mol. The van der Waals surface area contributed by atoms with Crippen molar-refractivity contribution in [2.24, 2.45) is 0 Å². The highest BCUT2D eigenvalue weighted by molar-refractivity contribution is 5.81. The Kier molecular flexibility index (Phi) is 3.05. The first-order valence-corrected chi connectivity index (χ1v) is 7.90. The monoisotopic (exact) mass is 286 g/mol. The number of amides is 1. The third-order valence-corrected chi connectivity index (χ3v) is 5.17. The molecule has 1 aromatic rings. The van der Waals surface area contributed by atoms with Gasteiger partial charge in [0.1, 0.15) is 6.17 Å². The molecule has 1 aromatic carbocycles. The molecule has 3 fully saturated rings. The van der Waals surface area contributed by atoms with Crippen molar-refractivity contribution in [1.29, 1.82) is 0 Å². The summed E-state index contributed by atoms with van der Waals surface area (Å²) in [5.41, 5.74) is 3.70. The Morgan fingerprint density at radius 3 is 2.86 bits per heavy atom. The zero-order chi connectivity index (χ0) is 14.6. The van der Waals surface area contributed by atoms with Crippen molar-refractivity contribution in [1.82, 2.24) is 10.2 Å². The summed E-state index contributed by atoms with van der Waals surface area (Å²) in [5.74, 6) is 0.210. The molecule has 2 bridgehead atoms. The first kappa shape index (κ1) is 13.3. The van der Waals surface area contributed by atoms with Crippen molar-refractivity contribution >= 4 is 5.91 Å². The van der Waals surface area contributed by atoms with E-state index in [1.54, 1.807) is 0 Å². The number of hydrogen-bond acceptors (Lipinski definition) is 3. The smallest absolute Gasteiger partial charge is 0.238 e. The molecule has 1 amide bonds. The van der Waals surface area contributed by atoms with Crippen LogP contribution in [0, 0.1) is 13.8 Å². The highest BCUT2D eigenvalue weighted by Crippen LogP contribution is 2.41. The molecular weight excluding hydrogens is 264 g/mol. The van der Waals surface area contributed by atoms with Crippen LogP contribution in [0.3, 0.4) is 0 Å². The van der Waals surface area contributed by atoms with Crippen molar-refractivity contribution in [2.75, 3.05) is 6.54 Å². The van der Waals surface area contributed by atoms with Gasteiger partial charge >= 0.3 is 0 Å². The van der Waals surface area contributed by atoms with E-state index in [1.807, 2.05) is 0 Å². The minimum atomic E-state index is 0.00495. The lowest BCUT2D eigenvalue weighted by atomic mass is 9.93. The Morgan fingerprint density at radius 2 is 2.14 bits per heavy atom. The predicted octanol–water partition coefficient (Wildman–Crippen LogP) is 2.05. The number of fused-ring (bicyclic) bond motifs is 2. The van der Waals surface area contributed by atoms with Crippen LogP contribution in [0.4, 0.5) is 0 Å². The topological polar surface area (TPSA) is 41.6 Å². The van der Waals surface area contributed by atoms with E-state index in [9.17, 15) is 4.79 Å². The van der Waals surface area contributed by atoms with Gasteiger partial charge in [0.15, 0.2) is 0 Å². The highest BCUT2D eigenvalue weighted by Gasteiger charge is 2.49. The maximum atomic E-state index is 12.4. The van der Waals surface area contributed by atoms with Gasteiger partial charge in [-0.15, -0.1) is 0 Å². The summed E-state index contributed by atoms with van der Waals surface area (Å²) >= 11 is 0. The molecule has 0 aliphatic carbocycles. The van der Waals surface area contributed by atoms with Crippen LogP contribution in [-0.4, -0.2) is 35.6 Å². The molecule has 3 saturated heterocycles. The summed E-state index contributed by atoms with van der Waals surface area (Å²) in [6, 6.07) is 6.72. The fourth-order valence-electron chi connectivity index (χ4n) is 4.11. The molecule has 3 aliphatic heterocycles. The van der Waals surface area contributed by atoms with Crippen LogP contribution in [0.1, 0.15) is 42.1 Å². The summed E-state index contributed by atoms with van der Waals surface area (Å²) in [7, 11) is 0. The minimum absolute atomic E-state index is 0.00495. The van der Waals surface area contributed by atoms with Crippen molar-refractivity contribution in [3.8, 4) is 0 Å². The van der Waals surface area contributed by atoms with Gasteiger partial charge in [0.25, 0.3) is 0 Å². The zero-order valence-corrected chi connectivity index (χ0v) is 12.6. The van der Waals surface area contributed by atoms with Gasteiger partial charge in [-0.25, -0.2) is 0 Å². The fourth-order valence-corrected chi connectivity index (χ4v) is 4.11. The number of carbonyl (C=O) groups excluding carboxylic acids is 1. The Hall–Kier alpha value is -1.39. The number of benzene rings is 1. The molecule has 3 aliphatic rings. The number of nitrogens with zero attached hydrogens (tertiary/aromatic N) is 1. The minimum Gasteiger partial charge on any atom is -0.373 e. The van der Waals surface area contributed by atoms with Gasteiger partial charge < -0.3 is 9.64 Å². The van der Waals surface area contributed by atoms with Gasteiger partial charge in [-0.3, -0.25) is 10.1 Å². The second-order valence-electron chi connectivity index (χ2n) is 6.62. The normalized spacial score (nSPS) is 35.0. The molecule has 0 radical (unpaired) electrons. The molecule has 4 nitrogen and oxygen atoms in total. The number of hydrogen-bond donors (Lipinski definition) is 1. The largest absolute Gasteiger partial charge is 0.373 e. The Balaban J connectivity index is 1.68. The molecule has 0 aromatic heterocycles. The predicted molar refractivity (Wildman–Crippen MR) is 79.8 cm³/mol. The molecule has 21 heavy (non-hydrogen) atoms. The Bertz CT molecular complexity index is 586. The van der Waals surface area contributed by atoms with Crippen molar-refractivity contribution < 1.29 is 9.53 Å². The van der Waals surface area contributed by atoms with Gasteiger partial charge in [0.2, 0.25) is 5.91 Å². The quantitative estimate of drug-likeness (QED) is 0.905. The number of aryl methyl sites for hydroxylation is 2. The third-order valence-electron chi connectivity index (χ3n) is 5.17. The van der Waals surface area contributed by atoms with E-state index in [-0.39, 0.29) is 24.2 Å². The van der Waals surface area contributed by atoms with E-state index >= 15 is 0 Å². The standard InChI is InChI=1S/C17H22N2O2/c1-10-3-4-11(2)13(7-10)17-18-9-16(20)19(17)14-8-12-5-6-15(14)21-12/h3-4,7,12,14-15,17-18H,5-6,8-9H2,1-2H3. The summed E-state index contributed by atoms with van der Waals surface area (Å²) in [6.45, 7) is 4.66. The van der Waals surface area contributed by atoms with Crippen LogP contribution < -0.4 is 5.32 Å². The van der Waals surface area contributed by atoms with E-state index < -0.39 is 0 Å². The van der Waals surface area contributed by atoms with Gasteiger partial charge in [0.05, 0.1) is 24.8 Å². The van der Waals surface area contributed by atoms with Crippen molar-refractivity contribution in [2.45, 2.75) is 57.5 Å². The van der Waals surface area contributed by atoms with E-state index in [1.165, 1.54) is 16.7 Å². The molecule has 4 rings (SSSR count). The average Bonchev–Trinajstić information content (AvgIpc) is 3.16. The molecule has 3 heterocycles. The van der Waals surface area contributed by atoms with E-state index in [0.29, 0.717) is 12.6 Å². The van der Waals surface area contributed by atoms with Crippen molar-refractivity contribution in [3.63, 3.8) is 0 Å². The van der Waals surface area contributed by atoms with Gasteiger partial charge in [-0.2, -0.15) is 0 Å². The van der Waals surface area contributed by atoms with Crippen LogP contribution in [0.2, 0.25) is 0 Å². The van der Waals surface area contributed by atoms with E-state index in [4.69, 9.17) is 4.74 Å². The van der Waals surface area contributed by atoms with E-state index in [2.05, 4.69) is 42.3 Å². The molecule has 0 saturated carbocycles. The van der Waals surface area contributed by atoms with Crippen LogP contribution in [0.15, 0.2) is 18.2 Å². The number of rotatable bonds is 2. The first-order chi connectivity index (χ1) is 10.1. The maximum Gasteiger partial charge on any atom is 0.238 e. The van der Waals surface area contributed by atoms with Crippen LogP contribution in [0.5, 0.6) is 0 Å². The molecule has 4 atom stereocenters. The molecule has 4 heteroatoms. The number of nitrogens with one attached hydrogen (secondary N) is 1. The maximum absolute atomic E-state index is 12.4. The molecule has 112 valence electrons. The highest BCUT2D eigenvalue weighted by atomic mass is 16.5. The van der Waals surface area contributed by atoms with E-state index in [0.717, 1.165) is 19.3 Å². The van der Waals surface area contributed by atoms with Gasteiger partial charge in [0, 0.05) is 0 Å². The lowest BCUT2D eigenvalue weighted by molar-refractivity contribution is -0.131. The summed E-state index contributed by atoms with van der Waals surface area (Å²) in [5, 5.41) is 3.40. The third kappa shape index (κ3) is 2.09. The molecule has 1 N–H and O–H groups in total. The summed E-state index contributed by atoms with van der Waals surface area (Å²) < 4.78 is 5.96. The first-order valence-electron chi connectivity index (χ1n) is 7.90. The van der Waals surface area contributed by atoms with Crippen LogP contribution >= 0.6 is 0 Å². The van der Waals surface area contributed by atoms with Gasteiger partial charge in [-0.05, 0) is 44.2 Å². The Morgan fingerprint density at radius 1 is 1.29 bits per heavy atom. The van der Waals surface area contributed by atoms with Crippen LogP contribution in [0.25, 0.3) is 0 Å². The lowest BCUT2D eigenvalue weighted by Gasteiger charge is -2.34. The SMILES string of the molecule is Cc1ccc(C)c(C2NCC(=O)N2C2CC3CCC2O3)c1. The lowest BCUT2D eigenvalue weighted by Crippen LogP contribution is -2.45. The molecular formula is C17H22N2O2. The van der Waals surface area contributed by atoms with Crippen molar-refractivity contribution in [3.05, 3.63) is 34.9 Å². The molecule has 0 spiro atoms. The second-order valence-corrected chi connectivity index (χ2v) is 6.62.